The van der Waals surface area contributed by atoms with Crippen LogP contribution in [0.2, 0.25) is 5.02 Å². The number of benzene rings is 2. The van der Waals surface area contributed by atoms with Crippen molar-refractivity contribution in [2.45, 2.75) is 33.1 Å². The van der Waals surface area contributed by atoms with Gasteiger partial charge in [-0.2, -0.15) is 0 Å². The van der Waals surface area contributed by atoms with Gasteiger partial charge in [0.15, 0.2) is 11.5 Å². The van der Waals surface area contributed by atoms with E-state index in [4.69, 9.17) is 21.1 Å². The van der Waals surface area contributed by atoms with Gasteiger partial charge in [-0.1, -0.05) is 17.7 Å². The van der Waals surface area contributed by atoms with E-state index in [1.165, 1.54) is 12.1 Å². The molecule has 26 heavy (non-hydrogen) atoms. The van der Waals surface area contributed by atoms with E-state index >= 15 is 0 Å². The second-order valence-electron chi connectivity index (χ2n) is 5.84. The topological polar surface area (TPSA) is 50.7 Å². The number of halogens is 3. The quantitative estimate of drug-likeness (QED) is 0.587. The van der Waals surface area contributed by atoms with Crippen molar-refractivity contribution < 1.29 is 19.0 Å². The minimum Gasteiger partial charge on any atom is -0.490 e. The van der Waals surface area contributed by atoms with Crippen LogP contribution in [0, 0.1) is 5.82 Å². The van der Waals surface area contributed by atoms with Gasteiger partial charge in [-0.15, -0.1) is 0 Å². The molecule has 0 fully saturated rings. The van der Waals surface area contributed by atoms with Gasteiger partial charge in [-0.25, -0.2) is 4.39 Å². The Labute approximate surface area is 166 Å². The van der Waals surface area contributed by atoms with Gasteiger partial charge in [0.25, 0.3) is 0 Å². The van der Waals surface area contributed by atoms with E-state index < -0.39 is 6.10 Å². The predicted molar refractivity (Wildman–Crippen MR) is 104 cm³/mol. The second-order valence-corrected chi connectivity index (χ2v) is 7.10. The summed E-state index contributed by atoms with van der Waals surface area (Å²) >= 11 is 9.57. The molecule has 0 radical (unpaired) electrons. The number of rotatable bonds is 9. The second kappa shape index (κ2) is 10.1. The molecule has 0 unspecified atom stereocenters. The largest absolute Gasteiger partial charge is 0.490 e. The molecule has 0 aliphatic heterocycles. The van der Waals surface area contributed by atoms with Crippen molar-refractivity contribution in [3.8, 4) is 11.5 Å². The van der Waals surface area contributed by atoms with Crippen LogP contribution >= 0.6 is 27.5 Å². The molecular weight excluding hydrogens is 425 g/mol. The van der Waals surface area contributed by atoms with Crippen molar-refractivity contribution in [3.05, 3.63) is 56.8 Å². The average Bonchev–Trinajstić information content (AvgIpc) is 2.55. The first kappa shape index (κ1) is 21.0. The smallest absolute Gasteiger partial charge is 0.175 e. The Bertz CT molecular complexity index is 743. The molecule has 2 rings (SSSR count). The van der Waals surface area contributed by atoms with Crippen molar-refractivity contribution >= 4 is 27.5 Å². The van der Waals surface area contributed by atoms with Crippen LogP contribution in [-0.4, -0.2) is 24.4 Å². The van der Waals surface area contributed by atoms with Crippen LogP contribution < -0.4 is 14.8 Å². The molecule has 0 saturated heterocycles. The molecule has 0 bridgehead atoms. The first-order valence-corrected chi connectivity index (χ1v) is 9.48. The van der Waals surface area contributed by atoms with Gasteiger partial charge < -0.3 is 19.9 Å². The third kappa shape index (κ3) is 6.13. The number of hydrogen-bond acceptors (Lipinski definition) is 4. The van der Waals surface area contributed by atoms with Crippen LogP contribution in [-0.2, 0) is 13.2 Å². The number of aliphatic hydroxyl groups excluding tert-OH is 1. The summed E-state index contributed by atoms with van der Waals surface area (Å²) in [5.41, 5.74) is 1.68. The lowest BCUT2D eigenvalue weighted by atomic mass is 10.2. The highest BCUT2D eigenvalue weighted by Gasteiger charge is 2.14. The predicted octanol–water partition coefficient (Wildman–Crippen LogP) is 4.69. The zero-order valence-corrected chi connectivity index (χ0v) is 17.0. The summed E-state index contributed by atoms with van der Waals surface area (Å²) in [6.07, 6.45) is -0.409. The third-order valence-electron chi connectivity index (χ3n) is 3.53. The molecule has 2 aromatic rings. The zero-order chi connectivity index (χ0) is 19.1. The summed E-state index contributed by atoms with van der Waals surface area (Å²) in [6.45, 7) is 5.40. The van der Waals surface area contributed by atoms with Crippen LogP contribution in [0.4, 0.5) is 4.39 Å². The first-order chi connectivity index (χ1) is 12.4. The van der Waals surface area contributed by atoms with Gasteiger partial charge in [0.2, 0.25) is 0 Å². The summed E-state index contributed by atoms with van der Waals surface area (Å²) in [6, 6.07) is 8.03. The fourth-order valence-corrected chi connectivity index (χ4v) is 3.17. The SMILES string of the molecule is CCOc1cc(CNC[C@H](C)O)cc(Br)c1OCc1ccc(F)cc1Cl. The highest BCUT2D eigenvalue weighted by molar-refractivity contribution is 9.10. The van der Waals surface area contributed by atoms with Gasteiger partial charge in [0.1, 0.15) is 12.4 Å². The van der Waals surface area contributed by atoms with E-state index in [9.17, 15) is 9.50 Å². The molecular formula is C19H22BrClFNO3. The van der Waals surface area contributed by atoms with Crippen LogP contribution in [0.25, 0.3) is 0 Å². The van der Waals surface area contributed by atoms with Crippen LogP contribution in [0.5, 0.6) is 11.5 Å². The number of aliphatic hydroxyl groups is 1. The first-order valence-electron chi connectivity index (χ1n) is 8.31. The fraction of sp³-hybridized carbons (Fsp3) is 0.368. The van der Waals surface area contributed by atoms with E-state index in [1.807, 2.05) is 19.1 Å². The Hall–Kier alpha value is -1.34. The molecule has 0 aromatic heterocycles. The Morgan fingerprint density at radius 3 is 2.69 bits per heavy atom. The summed E-state index contributed by atoms with van der Waals surface area (Å²) < 4.78 is 25.5. The molecule has 0 heterocycles. The maximum absolute atomic E-state index is 13.2. The summed E-state index contributed by atoms with van der Waals surface area (Å²) in [4.78, 5) is 0. The molecule has 0 amide bonds. The normalized spacial score (nSPS) is 12.1. The van der Waals surface area contributed by atoms with Crippen molar-refractivity contribution in [1.29, 1.82) is 0 Å². The molecule has 0 aliphatic rings. The summed E-state index contributed by atoms with van der Waals surface area (Å²) in [5, 5.41) is 12.8. The van der Waals surface area contributed by atoms with E-state index in [-0.39, 0.29) is 12.4 Å². The highest BCUT2D eigenvalue weighted by atomic mass is 79.9. The number of nitrogens with one attached hydrogen (secondary N) is 1. The molecule has 2 aromatic carbocycles. The summed E-state index contributed by atoms with van der Waals surface area (Å²) in [5.74, 6) is 0.782. The third-order valence-corrected chi connectivity index (χ3v) is 4.47. The molecule has 0 spiro atoms. The molecule has 7 heteroatoms. The monoisotopic (exact) mass is 445 g/mol. The molecule has 2 N–H and O–H groups in total. The minimum absolute atomic E-state index is 0.192. The molecule has 142 valence electrons. The standard InChI is InChI=1S/C19H22BrClFNO3/c1-3-25-18-7-13(10-23-9-12(2)24)6-16(20)19(18)26-11-14-4-5-15(22)8-17(14)21/h4-8,12,23-24H,3,9-11H2,1-2H3/t12-/m0/s1. The fourth-order valence-electron chi connectivity index (χ4n) is 2.34. The van der Waals surface area contributed by atoms with Gasteiger partial charge >= 0.3 is 0 Å². The van der Waals surface area contributed by atoms with E-state index in [0.717, 1.165) is 10.0 Å². The number of ether oxygens (including phenoxy) is 2. The van der Waals surface area contributed by atoms with Crippen molar-refractivity contribution in [1.82, 2.24) is 5.32 Å². The Balaban J connectivity index is 2.15. The molecule has 1 atom stereocenters. The highest BCUT2D eigenvalue weighted by Crippen LogP contribution is 2.37. The lowest BCUT2D eigenvalue weighted by Gasteiger charge is -2.16. The average molecular weight is 447 g/mol. The van der Waals surface area contributed by atoms with Gasteiger partial charge in [0, 0.05) is 18.7 Å². The van der Waals surface area contributed by atoms with Crippen molar-refractivity contribution in [2.75, 3.05) is 13.2 Å². The van der Waals surface area contributed by atoms with E-state index in [1.54, 1.807) is 13.0 Å². The molecule has 4 nitrogen and oxygen atoms in total. The maximum Gasteiger partial charge on any atom is 0.175 e. The van der Waals surface area contributed by atoms with E-state index in [0.29, 0.717) is 41.8 Å². The maximum atomic E-state index is 13.2. The van der Waals surface area contributed by atoms with Gasteiger partial charge in [0.05, 0.1) is 22.2 Å². The van der Waals surface area contributed by atoms with E-state index in [2.05, 4.69) is 21.2 Å². The van der Waals surface area contributed by atoms with Crippen molar-refractivity contribution in [2.24, 2.45) is 0 Å². The summed E-state index contributed by atoms with van der Waals surface area (Å²) in [7, 11) is 0. The lowest BCUT2D eigenvalue weighted by Crippen LogP contribution is -2.23. The van der Waals surface area contributed by atoms with Gasteiger partial charge in [-0.3, -0.25) is 0 Å². The minimum atomic E-state index is -0.409. The van der Waals surface area contributed by atoms with Gasteiger partial charge in [-0.05, 0) is 59.6 Å². The molecule has 0 saturated carbocycles. The Morgan fingerprint density at radius 2 is 2.04 bits per heavy atom. The zero-order valence-electron chi connectivity index (χ0n) is 14.7. The van der Waals surface area contributed by atoms with Crippen LogP contribution in [0.15, 0.2) is 34.8 Å². The van der Waals surface area contributed by atoms with Crippen LogP contribution in [0.3, 0.4) is 0 Å². The van der Waals surface area contributed by atoms with Crippen LogP contribution in [0.1, 0.15) is 25.0 Å². The molecule has 0 aliphatic carbocycles. The lowest BCUT2D eigenvalue weighted by molar-refractivity contribution is 0.191. The Morgan fingerprint density at radius 1 is 1.27 bits per heavy atom. The van der Waals surface area contributed by atoms with Crippen molar-refractivity contribution in [3.63, 3.8) is 0 Å². The number of hydrogen-bond donors (Lipinski definition) is 2. The Kier molecular flexibility index (Phi) is 8.15.